The fourth-order valence-corrected chi connectivity index (χ4v) is 2.90. The number of carbonyl (C=O) groups is 1. The minimum atomic E-state index is 0.0495. The highest BCUT2D eigenvalue weighted by molar-refractivity contribution is 5.84. The van der Waals surface area contributed by atoms with Crippen LogP contribution in [-0.4, -0.2) is 50.0 Å². The lowest BCUT2D eigenvalue weighted by Gasteiger charge is -2.19. The molecule has 0 aliphatic carbocycles. The van der Waals surface area contributed by atoms with Crippen molar-refractivity contribution < 1.29 is 4.79 Å². The third-order valence-electron chi connectivity index (χ3n) is 4.31. The Bertz CT molecular complexity index is 823. The second-order valence-electron chi connectivity index (χ2n) is 6.31. The molecule has 3 aromatic rings. The van der Waals surface area contributed by atoms with Crippen molar-refractivity contribution in [3.8, 4) is 0 Å². The maximum Gasteiger partial charge on any atom is 0.222 e. The van der Waals surface area contributed by atoms with Crippen LogP contribution in [0.15, 0.2) is 24.4 Å². The van der Waals surface area contributed by atoms with Crippen molar-refractivity contribution >= 4 is 16.8 Å². The van der Waals surface area contributed by atoms with E-state index in [1.165, 1.54) is 16.5 Å². The maximum atomic E-state index is 12.4. The Morgan fingerprint density at radius 1 is 1.38 bits per heavy atom. The van der Waals surface area contributed by atoms with E-state index in [4.69, 9.17) is 0 Å². The second-order valence-corrected chi connectivity index (χ2v) is 6.31. The van der Waals surface area contributed by atoms with Crippen molar-refractivity contribution in [3.05, 3.63) is 41.3 Å². The van der Waals surface area contributed by atoms with E-state index in [0.29, 0.717) is 18.8 Å². The Morgan fingerprint density at radius 3 is 2.96 bits per heavy atom. The molecule has 0 aliphatic rings. The summed E-state index contributed by atoms with van der Waals surface area (Å²) in [7, 11) is 1.82. The minimum Gasteiger partial charge on any atom is -0.361 e. The molecule has 0 aliphatic heterocycles. The molecule has 0 radical (unpaired) electrons. The lowest BCUT2D eigenvalue weighted by molar-refractivity contribution is -0.130. The van der Waals surface area contributed by atoms with E-state index >= 15 is 0 Å². The molecule has 126 valence electrons. The number of carbonyl (C=O) groups excluding carboxylic acids is 1. The molecule has 2 heterocycles. The van der Waals surface area contributed by atoms with Gasteiger partial charge in [0.15, 0.2) is 5.82 Å². The summed E-state index contributed by atoms with van der Waals surface area (Å²) < 4.78 is 0. The van der Waals surface area contributed by atoms with Crippen LogP contribution in [0.3, 0.4) is 0 Å². The van der Waals surface area contributed by atoms with Crippen LogP contribution in [0.4, 0.5) is 0 Å². The highest BCUT2D eigenvalue weighted by atomic mass is 16.2. The molecule has 1 amide bonds. The van der Waals surface area contributed by atoms with Crippen LogP contribution in [-0.2, 0) is 11.2 Å². The third-order valence-corrected chi connectivity index (χ3v) is 4.31. The van der Waals surface area contributed by atoms with Crippen LogP contribution in [0.5, 0.6) is 0 Å². The number of hydrogen-bond donors (Lipinski definition) is 2. The SMILES string of the molecule is Cc1ccc2[nH]cc(CCC(=O)N(C)C[C@@H](C)c3nn[nH]n3)c2c1. The summed E-state index contributed by atoms with van der Waals surface area (Å²) in [5, 5.41) is 15.1. The molecule has 0 fully saturated rings. The van der Waals surface area contributed by atoms with Gasteiger partial charge >= 0.3 is 0 Å². The first kappa shape index (κ1) is 16.2. The number of aromatic nitrogens is 5. The summed E-state index contributed by atoms with van der Waals surface area (Å²) in [6.07, 6.45) is 3.21. The highest BCUT2D eigenvalue weighted by Crippen LogP contribution is 2.21. The molecule has 0 bridgehead atoms. The molecule has 1 atom stereocenters. The van der Waals surface area contributed by atoms with Gasteiger partial charge in [-0.1, -0.05) is 23.8 Å². The number of likely N-dealkylation sites (N-methyl/N-ethyl adjacent to an activating group) is 1. The minimum absolute atomic E-state index is 0.0495. The second kappa shape index (κ2) is 6.82. The Hall–Kier alpha value is -2.70. The fraction of sp³-hybridized carbons (Fsp3) is 0.412. The Morgan fingerprint density at radius 2 is 2.21 bits per heavy atom. The first-order valence-corrected chi connectivity index (χ1v) is 8.08. The first-order chi connectivity index (χ1) is 11.5. The number of hydrogen-bond acceptors (Lipinski definition) is 4. The van der Waals surface area contributed by atoms with Crippen molar-refractivity contribution in [2.75, 3.05) is 13.6 Å². The van der Waals surface area contributed by atoms with Crippen molar-refractivity contribution in [1.82, 2.24) is 30.5 Å². The average molecular weight is 326 g/mol. The van der Waals surface area contributed by atoms with Crippen LogP contribution >= 0.6 is 0 Å². The van der Waals surface area contributed by atoms with E-state index in [1.54, 1.807) is 4.90 Å². The number of rotatable bonds is 6. The monoisotopic (exact) mass is 326 g/mol. The molecular weight excluding hydrogens is 304 g/mol. The van der Waals surface area contributed by atoms with Gasteiger partial charge in [0.1, 0.15) is 0 Å². The normalized spacial score (nSPS) is 12.5. The van der Waals surface area contributed by atoms with Crippen molar-refractivity contribution in [3.63, 3.8) is 0 Å². The number of aromatic amines is 2. The standard InChI is InChI=1S/C17H22N6O/c1-11-4-6-15-14(8-11)13(9-18-15)5-7-16(24)23(3)10-12(2)17-19-21-22-20-17/h4,6,8-9,12,18H,5,7,10H2,1-3H3,(H,19,20,21,22)/t12-/m1/s1. The van der Waals surface area contributed by atoms with E-state index in [9.17, 15) is 4.79 Å². The highest BCUT2D eigenvalue weighted by Gasteiger charge is 2.17. The Balaban J connectivity index is 1.59. The lowest BCUT2D eigenvalue weighted by Crippen LogP contribution is -2.30. The van der Waals surface area contributed by atoms with Crippen LogP contribution in [0.2, 0.25) is 0 Å². The van der Waals surface area contributed by atoms with Gasteiger partial charge in [0.2, 0.25) is 5.91 Å². The maximum absolute atomic E-state index is 12.4. The summed E-state index contributed by atoms with van der Waals surface area (Å²) in [6.45, 7) is 4.64. The predicted molar refractivity (Wildman–Crippen MR) is 91.6 cm³/mol. The van der Waals surface area contributed by atoms with Crippen molar-refractivity contribution in [2.24, 2.45) is 0 Å². The zero-order chi connectivity index (χ0) is 17.1. The van der Waals surface area contributed by atoms with Gasteiger partial charge in [-0.3, -0.25) is 4.79 Å². The van der Waals surface area contributed by atoms with Crippen LogP contribution in [0.1, 0.15) is 36.2 Å². The van der Waals surface area contributed by atoms with E-state index in [1.807, 2.05) is 20.2 Å². The van der Waals surface area contributed by atoms with E-state index in [0.717, 1.165) is 11.9 Å². The number of fused-ring (bicyclic) bond motifs is 1. The molecule has 3 rings (SSSR count). The Labute approximate surface area is 140 Å². The number of nitrogens with zero attached hydrogens (tertiary/aromatic N) is 4. The van der Waals surface area contributed by atoms with Gasteiger partial charge in [-0.15, -0.1) is 10.2 Å². The van der Waals surface area contributed by atoms with Gasteiger partial charge in [0, 0.05) is 43.0 Å². The lowest BCUT2D eigenvalue weighted by atomic mass is 10.1. The molecule has 0 saturated carbocycles. The van der Waals surface area contributed by atoms with Crippen molar-refractivity contribution in [2.45, 2.75) is 32.6 Å². The molecule has 0 unspecified atom stereocenters. The summed E-state index contributed by atoms with van der Waals surface area (Å²) in [5.41, 5.74) is 3.52. The van der Waals surface area contributed by atoms with E-state index in [-0.39, 0.29) is 11.8 Å². The number of H-pyrrole nitrogens is 2. The van der Waals surface area contributed by atoms with Gasteiger partial charge in [-0.05, 0) is 31.0 Å². The molecule has 24 heavy (non-hydrogen) atoms. The molecule has 7 heteroatoms. The number of tetrazole rings is 1. The van der Waals surface area contributed by atoms with E-state index < -0.39 is 0 Å². The fourth-order valence-electron chi connectivity index (χ4n) is 2.90. The summed E-state index contributed by atoms with van der Waals surface area (Å²) in [4.78, 5) is 17.4. The smallest absolute Gasteiger partial charge is 0.222 e. The molecule has 1 aromatic carbocycles. The topological polar surface area (TPSA) is 90.6 Å². The zero-order valence-corrected chi connectivity index (χ0v) is 14.2. The number of amides is 1. The van der Waals surface area contributed by atoms with Gasteiger partial charge in [-0.25, -0.2) is 0 Å². The molecule has 2 N–H and O–H groups in total. The molecule has 0 spiro atoms. The van der Waals surface area contributed by atoms with Gasteiger partial charge in [0.25, 0.3) is 0 Å². The molecule has 7 nitrogen and oxygen atoms in total. The van der Waals surface area contributed by atoms with Gasteiger partial charge < -0.3 is 9.88 Å². The Kier molecular flexibility index (Phi) is 4.59. The van der Waals surface area contributed by atoms with E-state index in [2.05, 4.69) is 50.7 Å². The summed E-state index contributed by atoms with van der Waals surface area (Å²) in [5.74, 6) is 0.794. The summed E-state index contributed by atoms with van der Waals surface area (Å²) in [6, 6.07) is 6.32. The number of nitrogens with one attached hydrogen (secondary N) is 2. The predicted octanol–water partition coefficient (Wildman–Crippen LogP) is 2.18. The number of aryl methyl sites for hydroxylation is 2. The largest absolute Gasteiger partial charge is 0.361 e. The quantitative estimate of drug-likeness (QED) is 0.726. The van der Waals surface area contributed by atoms with Crippen LogP contribution < -0.4 is 0 Å². The van der Waals surface area contributed by atoms with Crippen molar-refractivity contribution in [1.29, 1.82) is 0 Å². The van der Waals surface area contributed by atoms with Gasteiger partial charge in [0.05, 0.1) is 0 Å². The zero-order valence-electron chi connectivity index (χ0n) is 14.2. The molecule has 0 saturated heterocycles. The third kappa shape index (κ3) is 3.45. The molecule has 2 aromatic heterocycles. The van der Waals surface area contributed by atoms with Gasteiger partial charge in [-0.2, -0.15) is 5.21 Å². The first-order valence-electron chi connectivity index (χ1n) is 8.08. The van der Waals surface area contributed by atoms with Crippen LogP contribution in [0, 0.1) is 6.92 Å². The average Bonchev–Trinajstić information content (AvgIpc) is 3.22. The van der Waals surface area contributed by atoms with Crippen LogP contribution in [0.25, 0.3) is 10.9 Å². The number of benzene rings is 1. The summed E-state index contributed by atoms with van der Waals surface area (Å²) >= 11 is 0. The molecular formula is C17H22N6O.